The number of morpholine rings is 1. The molecule has 0 amide bonds. The van der Waals surface area contributed by atoms with Crippen molar-refractivity contribution in [2.75, 3.05) is 46.5 Å². The molecule has 1 saturated heterocycles. The maximum Gasteiger partial charge on any atom is 0.321 e. The highest BCUT2D eigenvalue weighted by Gasteiger charge is 2.36. The largest absolute Gasteiger partial charge is 0.465 e. The third-order valence-corrected chi connectivity index (χ3v) is 5.11. The van der Waals surface area contributed by atoms with E-state index >= 15 is 0 Å². The molecule has 0 spiro atoms. The molecule has 0 aromatic carbocycles. The Hall–Kier alpha value is -0.740. The fourth-order valence-corrected chi connectivity index (χ4v) is 4.00. The number of hydrogen-bond donors (Lipinski definition) is 0. The highest BCUT2D eigenvalue weighted by atomic mass is 32.2. The van der Waals surface area contributed by atoms with Crippen LogP contribution in [0.4, 0.5) is 0 Å². The molecule has 0 saturated carbocycles. The van der Waals surface area contributed by atoms with Crippen LogP contribution in [0.15, 0.2) is 0 Å². The Morgan fingerprint density at radius 2 is 1.91 bits per heavy atom. The van der Waals surface area contributed by atoms with Gasteiger partial charge in [-0.2, -0.15) is 17.0 Å². The number of nitrogens with zero attached hydrogens (tertiary/aromatic N) is 2. The lowest BCUT2D eigenvalue weighted by Gasteiger charge is -2.37. The van der Waals surface area contributed by atoms with Crippen LogP contribution >= 0.6 is 0 Å². The van der Waals surface area contributed by atoms with Gasteiger partial charge < -0.3 is 14.2 Å². The van der Waals surface area contributed by atoms with Gasteiger partial charge >= 0.3 is 5.97 Å². The number of rotatable bonds is 8. The summed E-state index contributed by atoms with van der Waals surface area (Å²) < 4.78 is 43.3. The zero-order valence-corrected chi connectivity index (χ0v) is 14.5. The minimum absolute atomic E-state index is 0.0950. The normalized spacial score (nSPS) is 23.7. The molecule has 0 radical (unpaired) electrons. The molecule has 22 heavy (non-hydrogen) atoms. The Balaban J connectivity index is 2.86. The second-order valence-corrected chi connectivity index (χ2v) is 7.14. The molecule has 9 heteroatoms. The number of esters is 1. The molecular formula is C13H26N2O6S. The van der Waals surface area contributed by atoms with Gasteiger partial charge in [-0.15, -0.1) is 0 Å². The van der Waals surface area contributed by atoms with Crippen molar-refractivity contribution in [1.82, 2.24) is 8.61 Å². The van der Waals surface area contributed by atoms with Gasteiger partial charge in [-0.25, -0.2) is 0 Å². The zero-order chi connectivity index (χ0) is 16.8. The highest BCUT2D eigenvalue weighted by Crippen LogP contribution is 2.17. The van der Waals surface area contributed by atoms with Crippen molar-refractivity contribution in [3.05, 3.63) is 0 Å². The van der Waals surface area contributed by atoms with Gasteiger partial charge in [0.05, 0.1) is 25.4 Å². The van der Waals surface area contributed by atoms with Gasteiger partial charge in [0.15, 0.2) is 0 Å². The van der Waals surface area contributed by atoms with Crippen LogP contribution in [-0.2, 0) is 29.2 Å². The summed E-state index contributed by atoms with van der Waals surface area (Å²) in [6.45, 7) is 6.04. The van der Waals surface area contributed by atoms with E-state index in [2.05, 4.69) is 0 Å². The Morgan fingerprint density at radius 1 is 1.32 bits per heavy atom. The van der Waals surface area contributed by atoms with Crippen molar-refractivity contribution in [1.29, 1.82) is 0 Å². The van der Waals surface area contributed by atoms with Crippen LogP contribution in [-0.4, -0.2) is 81.7 Å². The van der Waals surface area contributed by atoms with Crippen LogP contribution in [0.2, 0.25) is 0 Å². The maximum absolute atomic E-state index is 12.8. The lowest BCUT2D eigenvalue weighted by Crippen LogP contribution is -2.54. The fraction of sp³-hybridized carbons (Fsp3) is 0.923. The monoisotopic (exact) mass is 338 g/mol. The average molecular weight is 338 g/mol. The zero-order valence-electron chi connectivity index (χ0n) is 13.6. The number of carbonyl (C=O) groups is 1. The maximum atomic E-state index is 12.8. The molecule has 1 fully saturated rings. The van der Waals surface area contributed by atoms with E-state index in [-0.39, 0.29) is 51.6 Å². The quantitative estimate of drug-likeness (QED) is 0.572. The Kier molecular flexibility index (Phi) is 7.70. The van der Waals surface area contributed by atoms with E-state index in [1.54, 1.807) is 6.92 Å². The SMILES string of the molecule is CCOC(=O)CN(CCOC)S(=O)(=O)N1CC(C)OC(C)C1. The molecular weight excluding hydrogens is 312 g/mol. The Labute approximate surface area is 132 Å². The predicted octanol–water partition coefficient (Wildman–Crippen LogP) is -0.148. The minimum atomic E-state index is -3.77. The molecule has 1 aliphatic rings. The summed E-state index contributed by atoms with van der Waals surface area (Å²) in [5.41, 5.74) is 0. The molecule has 2 unspecified atom stereocenters. The molecule has 0 bridgehead atoms. The van der Waals surface area contributed by atoms with Crippen LogP contribution in [0.5, 0.6) is 0 Å². The minimum Gasteiger partial charge on any atom is -0.465 e. The molecule has 2 atom stereocenters. The third-order valence-electron chi connectivity index (χ3n) is 3.19. The van der Waals surface area contributed by atoms with Gasteiger partial charge in [0.1, 0.15) is 6.54 Å². The molecule has 0 N–H and O–H groups in total. The Bertz CT molecular complexity index is 445. The number of ether oxygens (including phenoxy) is 3. The second kappa shape index (κ2) is 8.78. The molecule has 1 aliphatic heterocycles. The number of methoxy groups -OCH3 is 1. The van der Waals surface area contributed by atoms with Crippen molar-refractivity contribution < 1.29 is 27.4 Å². The van der Waals surface area contributed by atoms with Crippen molar-refractivity contribution >= 4 is 16.2 Å². The number of carbonyl (C=O) groups excluding carboxylic acids is 1. The lowest BCUT2D eigenvalue weighted by atomic mass is 10.3. The summed E-state index contributed by atoms with van der Waals surface area (Å²) in [4.78, 5) is 11.7. The first-order valence-corrected chi connectivity index (χ1v) is 8.76. The first-order chi connectivity index (χ1) is 10.3. The van der Waals surface area contributed by atoms with E-state index in [4.69, 9.17) is 14.2 Å². The highest BCUT2D eigenvalue weighted by molar-refractivity contribution is 7.86. The van der Waals surface area contributed by atoms with Gasteiger partial charge in [-0.1, -0.05) is 0 Å². The van der Waals surface area contributed by atoms with E-state index in [0.29, 0.717) is 0 Å². The summed E-state index contributed by atoms with van der Waals surface area (Å²) >= 11 is 0. The van der Waals surface area contributed by atoms with E-state index < -0.39 is 16.2 Å². The molecule has 0 aromatic heterocycles. The molecule has 1 heterocycles. The van der Waals surface area contributed by atoms with Crippen LogP contribution in [0.1, 0.15) is 20.8 Å². The number of hydrogen-bond acceptors (Lipinski definition) is 6. The molecule has 1 rings (SSSR count). The first kappa shape index (κ1) is 19.3. The van der Waals surface area contributed by atoms with Crippen LogP contribution in [0.3, 0.4) is 0 Å². The van der Waals surface area contributed by atoms with Crippen LogP contribution in [0.25, 0.3) is 0 Å². The second-order valence-electron chi connectivity index (χ2n) is 5.21. The van der Waals surface area contributed by atoms with Crippen molar-refractivity contribution in [3.8, 4) is 0 Å². The smallest absolute Gasteiger partial charge is 0.321 e. The summed E-state index contributed by atoms with van der Waals surface area (Å²) in [5, 5.41) is 0. The molecule has 0 aliphatic carbocycles. The third kappa shape index (κ3) is 5.47. The van der Waals surface area contributed by atoms with Crippen molar-refractivity contribution in [2.45, 2.75) is 33.0 Å². The fourth-order valence-electron chi connectivity index (χ4n) is 2.30. The van der Waals surface area contributed by atoms with Gasteiger partial charge in [0, 0.05) is 26.7 Å². The van der Waals surface area contributed by atoms with E-state index in [0.717, 1.165) is 4.31 Å². The summed E-state index contributed by atoms with van der Waals surface area (Å²) in [7, 11) is -2.29. The molecule has 130 valence electrons. The van der Waals surface area contributed by atoms with Gasteiger partial charge in [-0.3, -0.25) is 4.79 Å². The van der Waals surface area contributed by atoms with Crippen molar-refractivity contribution in [3.63, 3.8) is 0 Å². The van der Waals surface area contributed by atoms with E-state index in [1.165, 1.54) is 11.4 Å². The van der Waals surface area contributed by atoms with Crippen LogP contribution in [0, 0.1) is 0 Å². The molecule has 0 aromatic rings. The summed E-state index contributed by atoms with van der Waals surface area (Å²) in [6.07, 6.45) is -0.379. The van der Waals surface area contributed by atoms with Gasteiger partial charge in [0.25, 0.3) is 10.2 Å². The standard InChI is InChI=1S/C13H26N2O6S/c1-5-20-13(16)10-14(6-7-19-4)22(17,18)15-8-11(2)21-12(3)9-15/h11-12H,5-10H2,1-4H3. The average Bonchev–Trinajstić information content (AvgIpc) is 2.42. The molecule has 8 nitrogen and oxygen atoms in total. The summed E-state index contributed by atoms with van der Waals surface area (Å²) in [6, 6.07) is 0. The predicted molar refractivity (Wildman–Crippen MR) is 80.6 cm³/mol. The van der Waals surface area contributed by atoms with Crippen LogP contribution < -0.4 is 0 Å². The van der Waals surface area contributed by atoms with Crippen molar-refractivity contribution in [2.24, 2.45) is 0 Å². The van der Waals surface area contributed by atoms with E-state index in [9.17, 15) is 13.2 Å². The first-order valence-electron chi connectivity index (χ1n) is 7.36. The lowest BCUT2D eigenvalue weighted by molar-refractivity contribution is -0.143. The topological polar surface area (TPSA) is 85.4 Å². The Morgan fingerprint density at radius 3 is 2.41 bits per heavy atom. The van der Waals surface area contributed by atoms with E-state index in [1.807, 2.05) is 13.8 Å². The van der Waals surface area contributed by atoms with Gasteiger partial charge in [0.2, 0.25) is 0 Å². The summed E-state index contributed by atoms with van der Waals surface area (Å²) in [5.74, 6) is -0.573. The van der Waals surface area contributed by atoms with Gasteiger partial charge in [-0.05, 0) is 20.8 Å².